The fourth-order valence-corrected chi connectivity index (χ4v) is 2.78. The molecule has 0 aliphatic heterocycles. The summed E-state index contributed by atoms with van der Waals surface area (Å²) >= 11 is 0. The Morgan fingerprint density at radius 1 is 1.30 bits per heavy atom. The molecule has 1 saturated carbocycles. The fraction of sp³-hybridized carbons (Fsp3) is 0.562. The second kappa shape index (κ2) is 6.75. The maximum atomic E-state index is 12.3. The van der Waals surface area contributed by atoms with E-state index in [1.807, 2.05) is 24.3 Å². The summed E-state index contributed by atoms with van der Waals surface area (Å²) in [4.78, 5) is 12.3. The molecule has 0 spiro atoms. The molecule has 1 aliphatic rings. The van der Waals surface area contributed by atoms with E-state index in [1.54, 1.807) is 7.11 Å². The van der Waals surface area contributed by atoms with Gasteiger partial charge in [-0.15, -0.1) is 0 Å². The summed E-state index contributed by atoms with van der Waals surface area (Å²) in [6.07, 6.45) is 5.00. The fourth-order valence-electron chi connectivity index (χ4n) is 2.78. The van der Waals surface area contributed by atoms with Crippen LogP contribution in [-0.2, 0) is 16.1 Å². The second-order valence-corrected chi connectivity index (χ2v) is 5.47. The van der Waals surface area contributed by atoms with Gasteiger partial charge in [0.15, 0.2) is 0 Å². The minimum atomic E-state index is -0.461. The van der Waals surface area contributed by atoms with Gasteiger partial charge in [0.1, 0.15) is 12.4 Å². The van der Waals surface area contributed by atoms with Crippen LogP contribution in [0.2, 0.25) is 0 Å². The first-order chi connectivity index (χ1) is 9.70. The zero-order chi connectivity index (χ0) is 14.4. The number of nitrogens with two attached hydrogens (primary N) is 1. The molecular weight excluding hydrogens is 254 g/mol. The Kier molecular flexibility index (Phi) is 5.01. The van der Waals surface area contributed by atoms with E-state index in [9.17, 15) is 4.79 Å². The highest BCUT2D eigenvalue weighted by Gasteiger charge is 2.39. The van der Waals surface area contributed by atoms with Crippen molar-refractivity contribution in [2.45, 2.75) is 38.7 Å². The predicted molar refractivity (Wildman–Crippen MR) is 77.4 cm³/mol. The molecule has 0 bridgehead atoms. The Labute approximate surface area is 120 Å². The second-order valence-electron chi connectivity index (χ2n) is 5.47. The van der Waals surface area contributed by atoms with E-state index < -0.39 is 5.41 Å². The normalized spacial score (nSPS) is 17.5. The number of hydrogen-bond donors (Lipinski definition) is 1. The number of hydrogen-bond acceptors (Lipinski definition) is 4. The van der Waals surface area contributed by atoms with E-state index in [1.165, 1.54) is 6.42 Å². The minimum absolute atomic E-state index is 0.150. The number of ether oxygens (including phenoxy) is 2. The topological polar surface area (TPSA) is 61.5 Å². The molecule has 1 aliphatic carbocycles. The van der Waals surface area contributed by atoms with Gasteiger partial charge >= 0.3 is 5.97 Å². The molecule has 0 heterocycles. The summed E-state index contributed by atoms with van der Waals surface area (Å²) in [7, 11) is 1.62. The van der Waals surface area contributed by atoms with Gasteiger partial charge in [-0.3, -0.25) is 4.79 Å². The first-order valence-electron chi connectivity index (χ1n) is 7.20. The zero-order valence-corrected chi connectivity index (χ0v) is 12.1. The minimum Gasteiger partial charge on any atom is -0.497 e. The summed E-state index contributed by atoms with van der Waals surface area (Å²) < 4.78 is 10.6. The van der Waals surface area contributed by atoms with Crippen molar-refractivity contribution in [3.8, 4) is 5.75 Å². The number of rotatable bonds is 5. The van der Waals surface area contributed by atoms with Gasteiger partial charge in [-0.25, -0.2) is 0 Å². The molecule has 0 radical (unpaired) electrons. The highest BCUT2D eigenvalue weighted by molar-refractivity contribution is 5.77. The number of methoxy groups -OCH3 is 1. The molecule has 0 saturated heterocycles. The number of esters is 1. The van der Waals surface area contributed by atoms with Gasteiger partial charge in [0.25, 0.3) is 0 Å². The molecule has 2 N–H and O–H groups in total. The third kappa shape index (κ3) is 3.31. The molecule has 1 aromatic rings. The van der Waals surface area contributed by atoms with Crippen molar-refractivity contribution in [3.63, 3.8) is 0 Å². The van der Waals surface area contributed by atoms with Crippen molar-refractivity contribution in [1.82, 2.24) is 0 Å². The molecular formula is C16H23NO3. The molecule has 2 rings (SSSR count). The summed E-state index contributed by atoms with van der Waals surface area (Å²) in [5.41, 5.74) is 6.30. The van der Waals surface area contributed by atoms with Crippen molar-refractivity contribution in [3.05, 3.63) is 29.8 Å². The maximum absolute atomic E-state index is 12.3. The smallest absolute Gasteiger partial charge is 0.313 e. The predicted octanol–water partition coefficient (Wildman–Crippen LogP) is 2.65. The van der Waals surface area contributed by atoms with Gasteiger partial charge in [-0.1, -0.05) is 31.4 Å². The number of carbonyl (C=O) groups is 1. The molecule has 0 amide bonds. The van der Waals surface area contributed by atoms with Crippen molar-refractivity contribution in [1.29, 1.82) is 0 Å². The summed E-state index contributed by atoms with van der Waals surface area (Å²) in [5.74, 6) is 0.618. The molecule has 1 aromatic carbocycles. The van der Waals surface area contributed by atoms with Crippen LogP contribution in [0.25, 0.3) is 0 Å². The van der Waals surface area contributed by atoms with Gasteiger partial charge in [0, 0.05) is 6.54 Å². The molecule has 4 nitrogen and oxygen atoms in total. The van der Waals surface area contributed by atoms with Crippen LogP contribution in [0.1, 0.15) is 37.7 Å². The zero-order valence-electron chi connectivity index (χ0n) is 12.1. The van der Waals surface area contributed by atoms with E-state index in [2.05, 4.69) is 0 Å². The van der Waals surface area contributed by atoms with Gasteiger partial charge in [0.2, 0.25) is 0 Å². The Bertz CT molecular complexity index is 453. The van der Waals surface area contributed by atoms with E-state index in [0.717, 1.165) is 37.0 Å². The Hall–Kier alpha value is -1.55. The third-order valence-corrected chi connectivity index (χ3v) is 4.14. The molecule has 0 atom stereocenters. The van der Waals surface area contributed by atoms with Crippen molar-refractivity contribution >= 4 is 5.97 Å². The average molecular weight is 277 g/mol. The van der Waals surface area contributed by atoms with Crippen LogP contribution in [0.15, 0.2) is 24.3 Å². The molecule has 0 aromatic heterocycles. The van der Waals surface area contributed by atoms with Crippen LogP contribution in [0.4, 0.5) is 0 Å². The van der Waals surface area contributed by atoms with E-state index in [-0.39, 0.29) is 12.6 Å². The molecule has 4 heteroatoms. The van der Waals surface area contributed by atoms with Crippen LogP contribution in [-0.4, -0.2) is 19.6 Å². The largest absolute Gasteiger partial charge is 0.497 e. The Morgan fingerprint density at radius 2 is 2.05 bits per heavy atom. The molecule has 0 unspecified atom stereocenters. The Balaban J connectivity index is 1.96. The quantitative estimate of drug-likeness (QED) is 0.840. The van der Waals surface area contributed by atoms with Gasteiger partial charge in [-0.05, 0) is 30.5 Å². The first-order valence-corrected chi connectivity index (χ1v) is 7.20. The lowest BCUT2D eigenvalue weighted by Gasteiger charge is -2.33. The van der Waals surface area contributed by atoms with Crippen LogP contribution >= 0.6 is 0 Å². The lowest BCUT2D eigenvalue weighted by atomic mass is 9.74. The highest BCUT2D eigenvalue weighted by Crippen LogP contribution is 2.36. The number of carbonyl (C=O) groups excluding carboxylic acids is 1. The Morgan fingerprint density at radius 3 is 2.70 bits per heavy atom. The molecule has 20 heavy (non-hydrogen) atoms. The highest BCUT2D eigenvalue weighted by atomic mass is 16.5. The van der Waals surface area contributed by atoms with Crippen molar-refractivity contribution < 1.29 is 14.3 Å². The third-order valence-electron chi connectivity index (χ3n) is 4.14. The van der Waals surface area contributed by atoms with Crippen LogP contribution in [0.3, 0.4) is 0 Å². The van der Waals surface area contributed by atoms with E-state index in [0.29, 0.717) is 6.54 Å². The lowest BCUT2D eigenvalue weighted by Crippen LogP contribution is -2.41. The van der Waals surface area contributed by atoms with Crippen molar-refractivity contribution in [2.24, 2.45) is 11.1 Å². The molecule has 110 valence electrons. The lowest BCUT2D eigenvalue weighted by molar-refractivity contribution is -0.158. The van der Waals surface area contributed by atoms with Gasteiger partial charge < -0.3 is 15.2 Å². The van der Waals surface area contributed by atoms with Crippen molar-refractivity contribution in [2.75, 3.05) is 13.7 Å². The first kappa shape index (κ1) is 14.9. The number of benzene rings is 1. The van der Waals surface area contributed by atoms with E-state index in [4.69, 9.17) is 15.2 Å². The van der Waals surface area contributed by atoms with Crippen LogP contribution < -0.4 is 10.5 Å². The summed E-state index contributed by atoms with van der Waals surface area (Å²) in [5, 5.41) is 0. The average Bonchev–Trinajstić information content (AvgIpc) is 2.53. The van der Waals surface area contributed by atoms with Gasteiger partial charge in [-0.2, -0.15) is 0 Å². The van der Waals surface area contributed by atoms with Crippen LogP contribution in [0.5, 0.6) is 5.75 Å². The van der Waals surface area contributed by atoms with E-state index >= 15 is 0 Å². The maximum Gasteiger partial charge on any atom is 0.313 e. The standard InChI is InChI=1S/C16H23NO3/c1-19-14-7-5-6-13(10-14)11-20-15(18)16(12-17)8-3-2-4-9-16/h5-7,10H,2-4,8-9,11-12,17H2,1H3. The SMILES string of the molecule is COc1cccc(COC(=O)C2(CN)CCCCC2)c1. The summed E-state index contributed by atoms with van der Waals surface area (Å²) in [6.45, 7) is 0.654. The van der Waals surface area contributed by atoms with Gasteiger partial charge in [0.05, 0.1) is 12.5 Å². The molecule has 1 fully saturated rings. The monoisotopic (exact) mass is 277 g/mol. The summed E-state index contributed by atoms with van der Waals surface area (Å²) in [6, 6.07) is 7.56. The van der Waals surface area contributed by atoms with Crippen LogP contribution in [0, 0.1) is 5.41 Å².